The number of halogens is 2. The number of benzene rings is 1. The standard InChI is InChI=1S/C15H18Cl2N2O3S/c1-23(21,22)19-11-3-4-12(19)8-10(7-11)18-15(20)9-2-5-13(16)14(17)6-9/h2,5-6,10-12H,3-4,7-8H2,1H3,(H,18,20). The molecule has 2 unspecified atom stereocenters. The molecule has 8 heteroatoms. The van der Waals surface area contributed by atoms with E-state index in [1.165, 1.54) is 6.26 Å². The topological polar surface area (TPSA) is 66.5 Å². The van der Waals surface area contributed by atoms with Crippen LogP contribution in [0.25, 0.3) is 0 Å². The summed E-state index contributed by atoms with van der Waals surface area (Å²) in [5.74, 6) is -0.208. The van der Waals surface area contributed by atoms with Crippen LogP contribution in [0.2, 0.25) is 10.0 Å². The molecule has 0 spiro atoms. The molecule has 1 N–H and O–H groups in total. The average Bonchev–Trinajstić information content (AvgIpc) is 2.74. The van der Waals surface area contributed by atoms with E-state index >= 15 is 0 Å². The Kier molecular flexibility index (Phi) is 4.62. The van der Waals surface area contributed by atoms with Gasteiger partial charge in [-0.3, -0.25) is 4.79 Å². The zero-order valence-corrected chi connectivity index (χ0v) is 15.0. The molecule has 126 valence electrons. The molecule has 5 nitrogen and oxygen atoms in total. The van der Waals surface area contributed by atoms with Gasteiger partial charge in [-0.2, -0.15) is 4.31 Å². The summed E-state index contributed by atoms with van der Waals surface area (Å²) >= 11 is 11.8. The highest BCUT2D eigenvalue weighted by molar-refractivity contribution is 7.88. The summed E-state index contributed by atoms with van der Waals surface area (Å²) in [6.07, 6.45) is 4.27. The molecule has 1 amide bonds. The number of rotatable bonds is 3. The van der Waals surface area contributed by atoms with E-state index in [9.17, 15) is 13.2 Å². The van der Waals surface area contributed by atoms with Crippen molar-refractivity contribution in [2.24, 2.45) is 0 Å². The largest absolute Gasteiger partial charge is 0.349 e. The number of carbonyl (C=O) groups excluding carboxylic acids is 1. The Bertz CT molecular complexity index is 724. The Morgan fingerprint density at radius 1 is 1.17 bits per heavy atom. The summed E-state index contributed by atoms with van der Waals surface area (Å²) in [6, 6.07) is 4.72. The van der Waals surface area contributed by atoms with Gasteiger partial charge in [-0.05, 0) is 43.9 Å². The number of amides is 1. The molecule has 2 saturated heterocycles. The first kappa shape index (κ1) is 17.0. The van der Waals surface area contributed by atoms with Crippen molar-refractivity contribution in [3.8, 4) is 0 Å². The zero-order valence-electron chi connectivity index (χ0n) is 12.6. The van der Waals surface area contributed by atoms with E-state index in [1.807, 2.05) is 0 Å². The van der Waals surface area contributed by atoms with Crippen LogP contribution in [0, 0.1) is 0 Å². The highest BCUT2D eigenvalue weighted by atomic mass is 35.5. The van der Waals surface area contributed by atoms with Crippen molar-refractivity contribution >= 4 is 39.1 Å². The molecule has 0 aromatic heterocycles. The number of hydrogen-bond donors (Lipinski definition) is 1. The molecular weight excluding hydrogens is 359 g/mol. The molecule has 2 fully saturated rings. The Balaban J connectivity index is 1.69. The van der Waals surface area contributed by atoms with Gasteiger partial charge >= 0.3 is 0 Å². The Morgan fingerprint density at radius 2 is 1.78 bits per heavy atom. The van der Waals surface area contributed by atoms with Gasteiger partial charge in [0.2, 0.25) is 10.0 Å². The first-order chi connectivity index (χ1) is 10.8. The van der Waals surface area contributed by atoms with Gasteiger partial charge in [0.1, 0.15) is 0 Å². The van der Waals surface area contributed by atoms with Crippen molar-refractivity contribution in [1.82, 2.24) is 9.62 Å². The summed E-state index contributed by atoms with van der Waals surface area (Å²) in [6.45, 7) is 0. The molecule has 0 saturated carbocycles. The third kappa shape index (κ3) is 3.50. The van der Waals surface area contributed by atoms with Crippen LogP contribution >= 0.6 is 23.2 Å². The van der Waals surface area contributed by atoms with Gasteiger partial charge in [0, 0.05) is 23.7 Å². The molecule has 2 bridgehead atoms. The Morgan fingerprint density at radius 3 is 2.30 bits per heavy atom. The van der Waals surface area contributed by atoms with E-state index in [0.29, 0.717) is 28.5 Å². The van der Waals surface area contributed by atoms with E-state index in [1.54, 1.807) is 22.5 Å². The number of nitrogens with zero attached hydrogens (tertiary/aromatic N) is 1. The van der Waals surface area contributed by atoms with Gasteiger partial charge in [0.05, 0.1) is 16.3 Å². The van der Waals surface area contributed by atoms with E-state index < -0.39 is 10.0 Å². The molecule has 2 aliphatic rings. The molecule has 23 heavy (non-hydrogen) atoms. The van der Waals surface area contributed by atoms with Gasteiger partial charge in [0.15, 0.2) is 0 Å². The second kappa shape index (κ2) is 6.24. The molecule has 2 heterocycles. The third-order valence-corrected chi connectivity index (χ3v) is 6.67. The number of hydrogen-bond acceptors (Lipinski definition) is 3. The lowest BCUT2D eigenvalue weighted by atomic mass is 9.99. The molecule has 0 radical (unpaired) electrons. The van der Waals surface area contributed by atoms with Gasteiger partial charge in [-0.15, -0.1) is 0 Å². The van der Waals surface area contributed by atoms with Gasteiger partial charge < -0.3 is 5.32 Å². The Labute approximate surface area is 146 Å². The quantitative estimate of drug-likeness (QED) is 0.881. The number of sulfonamides is 1. The number of fused-ring (bicyclic) bond motifs is 2. The van der Waals surface area contributed by atoms with E-state index in [0.717, 1.165) is 12.8 Å². The fourth-order valence-corrected chi connectivity index (χ4v) is 5.46. The van der Waals surface area contributed by atoms with E-state index in [2.05, 4.69) is 5.32 Å². The Hall–Kier alpha value is -0.820. The highest BCUT2D eigenvalue weighted by Crippen LogP contribution is 2.37. The smallest absolute Gasteiger partial charge is 0.251 e. The number of piperidine rings is 1. The molecule has 2 atom stereocenters. The van der Waals surface area contributed by atoms with Gasteiger partial charge in [0.25, 0.3) is 5.91 Å². The predicted molar refractivity (Wildman–Crippen MR) is 90.4 cm³/mol. The zero-order chi connectivity index (χ0) is 16.8. The fraction of sp³-hybridized carbons (Fsp3) is 0.533. The molecule has 1 aromatic rings. The van der Waals surface area contributed by atoms with Crippen molar-refractivity contribution in [1.29, 1.82) is 0 Å². The highest BCUT2D eigenvalue weighted by Gasteiger charge is 2.45. The van der Waals surface area contributed by atoms with Crippen LogP contribution in [0.15, 0.2) is 18.2 Å². The third-order valence-electron chi connectivity index (χ3n) is 4.57. The van der Waals surface area contributed by atoms with Crippen molar-refractivity contribution in [3.05, 3.63) is 33.8 Å². The van der Waals surface area contributed by atoms with Crippen LogP contribution in [-0.2, 0) is 10.0 Å². The number of carbonyl (C=O) groups is 1. The normalized spacial score (nSPS) is 27.9. The maximum absolute atomic E-state index is 12.3. The van der Waals surface area contributed by atoms with Gasteiger partial charge in [-0.1, -0.05) is 23.2 Å². The van der Waals surface area contributed by atoms with Crippen LogP contribution in [0.4, 0.5) is 0 Å². The molecule has 0 aliphatic carbocycles. The van der Waals surface area contributed by atoms with Crippen LogP contribution in [0.1, 0.15) is 36.0 Å². The van der Waals surface area contributed by atoms with Crippen LogP contribution in [0.3, 0.4) is 0 Å². The summed E-state index contributed by atoms with van der Waals surface area (Å²) < 4.78 is 25.4. The average molecular weight is 377 g/mol. The molecule has 3 rings (SSSR count). The maximum Gasteiger partial charge on any atom is 0.251 e. The van der Waals surface area contributed by atoms with Gasteiger partial charge in [-0.25, -0.2) is 8.42 Å². The van der Waals surface area contributed by atoms with Crippen molar-refractivity contribution in [3.63, 3.8) is 0 Å². The van der Waals surface area contributed by atoms with E-state index in [-0.39, 0.29) is 24.0 Å². The second-order valence-electron chi connectivity index (χ2n) is 6.25. The monoisotopic (exact) mass is 376 g/mol. The fourth-order valence-electron chi connectivity index (χ4n) is 3.70. The summed E-state index contributed by atoms with van der Waals surface area (Å²) in [5, 5.41) is 3.74. The second-order valence-corrected chi connectivity index (χ2v) is 8.95. The summed E-state index contributed by atoms with van der Waals surface area (Å²) in [4.78, 5) is 12.3. The first-order valence-electron chi connectivity index (χ1n) is 7.50. The first-order valence-corrected chi connectivity index (χ1v) is 10.1. The predicted octanol–water partition coefficient (Wildman–Crippen LogP) is 2.68. The summed E-state index contributed by atoms with van der Waals surface area (Å²) in [7, 11) is -3.19. The molecule has 2 aliphatic heterocycles. The van der Waals surface area contributed by atoms with Crippen LogP contribution in [0.5, 0.6) is 0 Å². The minimum absolute atomic E-state index is 0.0112. The molecular formula is C15H18Cl2N2O3S. The van der Waals surface area contributed by atoms with Crippen LogP contribution in [-0.4, -0.2) is 43.0 Å². The van der Waals surface area contributed by atoms with E-state index in [4.69, 9.17) is 23.2 Å². The van der Waals surface area contributed by atoms with Crippen molar-refractivity contribution in [2.45, 2.75) is 43.8 Å². The maximum atomic E-state index is 12.3. The lowest BCUT2D eigenvalue weighted by Gasteiger charge is -2.37. The lowest BCUT2D eigenvalue weighted by Crippen LogP contribution is -2.52. The van der Waals surface area contributed by atoms with Crippen LogP contribution < -0.4 is 5.32 Å². The molecule has 1 aromatic carbocycles. The number of nitrogens with one attached hydrogen (secondary N) is 1. The van der Waals surface area contributed by atoms with Crippen molar-refractivity contribution in [2.75, 3.05) is 6.26 Å². The van der Waals surface area contributed by atoms with Crippen molar-refractivity contribution < 1.29 is 13.2 Å². The minimum atomic E-state index is -3.19. The SMILES string of the molecule is CS(=O)(=O)N1C2CCC1CC(NC(=O)c1ccc(Cl)c(Cl)c1)C2. The minimum Gasteiger partial charge on any atom is -0.349 e. The summed E-state index contributed by atoms with van der Waals surface area (Å²) in [5.41, 5.74) is 0.456. The lowest BCUT2D eigenvalue weighted by molar-refractivity contribution is 0.0909.